The average molecular weight is 652 g/mol. The van der Waals surface area contributed by atoms with Gasteiger partial charge in [0.25, 0.3) is 10.0 Å². The van der Waals surface area contributed by atoms with Crippen molar-refractivity contribution in [1.29, 1.82) is 0 Å². The van der Waals surface area contributed by atoms with Crippen molar-refractivity contribution in [3.8, 4) is 0 Å². The molecule has 0 saturated heterocycles. The normalized spacial score (nSPS) is 14.3. The molecule has 1 aliphatic carbocycles. The number of nitrogens with zero attached hydrogens (tertiary/aromatic N) is 2. The molecule has 47 heavy (non-hydrogen) atoms. The van der Waals surface area contributed by atoms with Crippen molar-refractivity contribution in [3.63, 3.8) is 0 Å². The number of hydrogen-bond acceptors (Lipinski definition) is 4. The van der Waals surface area contributed by atoms with Crippen LogP contribution in [0, 0.1) is 20.8 Å². The number of benzene rings is 4. The molecule has 8 heteroatoms. The molecular formula is C39H45N3O4S. The van der Waals surface area contributed by atoms with E-state index in [9.17, 15) is 18.0 Å². The molecule has 0 aromatic heterocycles. The highest BCUT2D eigenvalue weighted by atomic mass is 32.2. The molecule has 0 unspecified atom stereocenters. The molecule has 0 heterocycles. The van der Waals surface area contributed by atoms with Crippen LogP contribution >= 0.6 is 0 Å². The molecule has 246 valence electrons. The standard InChI is InChI=1S/C39H45N3O4S/c1-29-18-22-33(23-19-29)27-41(37(26-32-13-6-4-7-14-32)39(44)40-34-15-8-5-9-16-34)38(43)28-42(36-17-11-10-12-31(36)3)47(45,46)35-24-20-30(2)21-25-35/h4,6-7,10-14,17-25,34,37H,5,8-9,15-16,26-28H2,1-3H3,(H,40,44)/t37-/m1/s1. The molecular weight excluding hydrogens is 607 g/mol. The van der Waals surface area contributed by atoms with E-state index in [1.165, 1.54) is 4.31 Å². The van der Waals surface area contributed by atoms with Crippen LogP contribution < -0.4 is 9.62 Å². The van der Waals surface area contributed by atoms with E-state index in [4.69, 9.17) is 0 Å². The van der Waals surface area contributed by atoms with E-state index in [2.05, 4.69) is 5.32 Å². The lowest BCUT2D eigenvalue weighted by Gasteiger charge is -2.35. The SMILES string of the molecule is Cc1ccc(CN(C(=O)CN(c2ccccc2C)S(=O)(=O)c2ccc(C)cc2)[C@H](Cc2ccccc2)C(=O)NC2CCCCC2)cc1. The number of para-hydroxylation sites is 1. The highest BCUT2D eigenvalue weighted by Gasteiger charge is 2.35. The highest BCUT2D eigenvalue weighted by Crippen LogP contribution is 2.28. The quantitative estimate of drug-likeness (QED) is 0.181. The lowest BCUT2D eigenvalue weighted by atomic mass is 9.94. The van der Waals surface area contributed by atoms with Crippen molar-refractivity contribution in [2.24, 2.45) is 0 Å². The second-order valence-electron chi connectivity index (χ2n) is 12.7. The number of carbonyl (C=O) groups excluding carboxylic acids is 2. The predicted molar refractivity (Wildman–Crippen MR) is 188 cm³/mol. The van der Waals surface area contributed by atoms with Crippen LogP contribution in [0.4, 0.5) is 5.69 Å². The molecule has 1 aliphatic rings. The maximum atomic E-state index is 14.7. The first-order chi connectivity index (χ1) is 22.6. The van der Waals surface area contributed by atoms with E-state index in [0.717, 1.165) is 59.9 Å². The van der Waals surface area contributed by atoms with Crippen LogP contribution in [0.2, 0.25) is 0 Å². The zero-order chi connectivity index (χ0) is 33.4. The number of aryl methyl sites for hydroxylation is 3. The topological polar surface area (TPSA) is 86.8 Å². The van der Waals surface area contributed by atoms with Crippen LogP contribution in [-0.2, 0) is 32.6 Å². The first kappa shape index (κ1) is 33.9. The van der Waals surface area contributed by atoms with Crippen molar-refractivity contribution in [2.75, 3.05) is 10.8 Å². The third kappa shape index (κ3) is 8.69. The second kappa shape index (κ2) is 15.4. The predicted octanol–water partition coefficient (Wildman–Crippen LogP) is 6.90. The fraction of sp³-hybridized carbons (Fsp3) is 0.333. The molecule has 5 rings (SSSR count). The Bertz CT molecular complexity index is 1750. The Hall–Kier alpha value is -4.43. The van der Waals surface area contributed by atoms with Gasteiger partial charge in [-0.25, -0.2) is 8.42 Å². The summed E-state index contributed by atoms with van der Waals surface area (Å²) in [5.41, 5.74) is 4.93. The molecule has 1 saturated carbocycles. The Balaban J connectivity index is 1.56. The van der Waals surface area contributed by atoms with Gasteiger partial charge in [0.05, 0.1) is 10.6 Å². The van der Waals surface area contributed by atoms with Gasteiger partial charge in [0.15, 0.2) is 0 Å². The van der Waals surface area contributed by atoms with E-state index >= 15 is 0 Å². The van der Waals surface area contributed by atoms with Crippen molar-refractivity contribution in [2.45, 2.75) is 82.8 Å². The number of amides is 2. The van der Waals surface area contributed by atoms with Gasteiger partial charge < -0.3 is 10.2 Å². The van der Waals surface area contributed by atoms with E-state index < -0.39 is 28.5 Å². The second-order valence-corrected chi connectivity index (χ2v) is 14.5. The number of nitrogens with one attached hydrogen (secondary N) is 1. The Kier molecular flexibility index (Phi) is 11.1. The van der Waals surface area contributed by atoms with Gasteiger partial charge in [-0.1, -0.05) is 115 Å². The molecule has 0 radical (unpaired) electrons. The molecule has 1 N–H and O–H groups in total. The molecule has 1 atom stereocenters. The average Bonchev–Trinajstić information content (AvgIpc) is 3.07. The van der Waals surface area contributed by atoms with E-state index in [1.54, 1.807) is 41.3 Å². The summed E-state index contributed by atoms with van der Waals surface area (Å²) in [6.45, 7) is 5.42. The molecule has 0 spiro atoms. The van der Waals surface area contributed by atoms with Gasteiger partial charge in [-0.3, -0.25) is 13.9 Å². The number of sulfonamides is 1. The number of anilines is 1. The van der Waals surface area contributed by atoms with E-state index in [-0.39, 0.29) is 23.4 Å². The molecule has 2 amide bonds. The maximum Gasteiger partial charge on any atom is 0.264 e. The van der Waals surface area contributed by atoms with Crippen LogP contribution in [-0.4, -0.2) is 43.8 Å². The Labute approximate surface area is 279 Å². The smallest absolute Gasteiger partial charge is 0.264 e. The highest BCUT2D eigenvalue weighted by molar-refractivity contribution is 7.92. The monoisotopic (exact) mass is 651 g/mol. The van der Waals surface area contributed by atoms with Crippen LogP contribution in [0.5, 0.6) is 0 Å². The van der Waals surface area contributed by atoms with Crippen LogP contribution in [0.3, 0.4) is 0 Å². The molecule has 0 bridgehead atoms. The van der Waals surface area contributed by atoms with Gasteiger partial charge in [0.1, 0.15) is 12.6 Å². The van der Waals surface area contributed by atoms with E-state index in [1.807, 2.05) is 87.5 Å². The first-order valence-electron chi connectivity index (χ1n) is 16.5. The van der Waals surface area contributed by atoms with Gasteiger partial charge in [-0.15, -0.1) is 0 Å². The molecule has 4 aromatic rings. The number of hydrogen-bond donors (Lipinski definition) is 1. The minimum Gasteiger partial charge on any atom is -0.352 e. The minimum atomic E-state index is -4.14. The third-order valence-corrected chi connectivity index (χ3v) is 10.7. The van der Waals surface area contributed by atoms with Crippen LogP contribution in [0.1, 0.15) is 59.9 Å². The zero-order valence-corrected chi connectivity index (χ0v) is 28.4. The summed E-state index contributed by atoms with van der Waals surface area (Å²) >= 11 is 0. The van der Waals surface area contributed by atoms with Gasteiger partial charge in [-0.2, -0.15) is 0 Å². The Morgan fingerprint density at radius 1 is 0.745 bits per heavy atom. The summed E-state index contributed by atoms with van der Waals surface area (Å²) in [7, 11) is -4.14. The van der Waals surface area contributed by atoms with Gasteiger partial charge in [-0.05, 0) is 68.5 Å². The van der Waals surface area contributed by atoms with Crippen LogP contribution in [0.15, 0.2) is 108 Å². The van der Waals surface area contributed by atoms with Crippen molar-refractivity contribution < 1.29 is 18.0 Å². The lowest BCUT2D eigenvalue weighted by molar-refractivity contribution is -0.140. The fourth-order valence-corrected chi connectivity index (χ4v) is 7.66. The Morgan fingerprint density at radius 2 is 1.34 bits per heavy atom. The lowest BCUT2D eigenvalue weighted by Crippen LogP contribution is -2.55. The maximum absolute atomic E-state index is 14.7. The fourth-order valence-electron chi connectivity index (χ4n) is 6.18. The molecule has 4 aromatic carbocycles. The van der Waals surface area contributed by atoms with Crippen LogP contribution in [0.25, 0.3) is 0 Å². The van der Waals surface area contributed by atoms with Gasteiger partial charge >= 0.3 is 0 Å². The Morgan fingerprint density at radius 3 is 1.98 bits per heavy atom. The third-order valence-electron chi connectivity index (χ3n) is 8.97. The zero-order valence-electron chi connectivity index (χ0n) is 27.6. The first-order valence-corrected chi connectivity index (χ1v) is 17.9. The molecule has 1 fully saturated rings. The summed E-state index contributed by atoms with van der Waals surface area (Å²) < 4.78 is 29.8. The summed E-state index contributed by atoms with van der Waals surface area (Å²) in [5, 5.41) is 3.26. The van der Waals surface area contributed by atoms with Gasteiger partial charge in [0.2, 0.25) is 11.8 Å². The van der Waals surface area contributed by atoms with Crippen molar-refractivity contribution in [3.05, 3.63) is 131 Å². The van der Waals surface area contributed by atoms with Crippen molar-refractivity contribution >= 4 is 27.5 Å². The molecule has 7 nitrogen and oxygen atoms in total. The van der Waals surface area contributed by atoms with E-state index in [0.29, 0.717) is 12.1 Å². The summed E-state index contributed by atoms with van der Waals surface area (Å²) in [6.07, 6.45) is 5.39. The summed E-state index contributed by atoms with van der Waals surface area (Å²) in [5.74, 6) is -0.672. The largest absolute Gasteiger partial charge is 0.352 e. The van der Waals surface area contributed by atoms with Gasteiger partial charge in [0, 0.05) is 19.0 Å². The van der Waals surface area contributed by atoms with Crippen molar-refractivity contribution in [1.82, 2.24) is 10.2 Å². The molecule has 0 aliphatic heterocycles. The number of rotatable bonds is 12. The minimum absolute atomic E-state index is 0.0521. The number of carbonyl (C=O) groups is 2. The summed E-state index contributed by atoms with van der Waals surface area (Å²) in [6, 6.07) is 30.5. The summed E-state index contributed by atoms with van der Waals surface area (Å²) in [4.78, 5) is 30.6.